The zero-order valence-electron chi connectivity index (χ0n) is 10.6. The SMILES string of the molecule is CCCn1ncc(Br)c1C1(F)CC2CCC(C1)N2. The minimum atomic E-state index is -1.22. The van der Waals surface area contributed by atoms with Crippen molar-refractivity contribution in [3.63, 3.8) is 0 Å². The molecule has 0 amide bonds. The molecule has 1 aromatic rings. The van der Waals surface area contributed by atoms with E-state index in [1.54, 1.807) is 6.20 Å². The Labute approximate surface area is 115 Å². The smallest absolute Gasteiger partial charge is 0.156 e. The van der Waals surface area contributed by atoms with Crippen LogP contribution in [-0.4, -0.2) is 21.9 Å². The highest BCUT2D eigenvalue weighted by molar-refractivity contribution is 9.10. The number of nitrogens with one attached hydrogen (secondary N) is 1. The molecule has 0 saturated carbocycles. The Kier molecular flexibility index (Phi) is 3.22. The summed E-state index contributed by atoms with van der Waals surface area (Å²) in [6.45, 7) is 2.88. The largest absolute Gasteiger partial charge is 0.311 e. The molecule has 0 spiro atoms. The molecular weight excluding hydrogens is 297 g/mol. The minimum Gasteiger partial charge on any atom is -0.311 e. The second kappa shape index (κ2) is 4.60. The van der Waals surface area contributed by atoms with Gasteiger partial charge in [-0.3, -0.25) is 4.68 Å². The van der Waals surface area contributed by atoms with Gasteiger partial charge in [-0.2, -0.15) is 5.10 Å². The van der Waals surface area contributed by atoms with Crippen LogP contribution in [-0.2, 0) is 12.2 Å². The van der Waals surface area contributed by atoms with Crippen molar-refractivity contribution >= 4 is 15.9 Å². The van der Waals surface area contributed by atoms with E-state index in [4.69, 9.17) is 0 Å². The Morgan fingerprint density at radius 1 is 1.50 bits per heavy atom. The molecular formula is C13H19BrFN3. The van der Waals surface area contributed by atoms with E-state index in [1.807, 2.05) is 4.68 Å². The van der Waals surface area contributed by atoms with Crippen LogP contribution in [0.15, 0.2) is 10.7 Å². The van der Waals surface area contributed by atoms with Gasteiger partial charge in [-0.1, -0.05) is 6.92 Å². The van der Waals surface area contributed by atoms with Gasteiger partial charge in [0.15, 0.2) is 5.67 Å². The van der Waals surface area contributed by atoms with E-state index < -0.39 is 5.67 Å². The van der Waals surface area contributed by atoms with Gasteiger partial charge >= 0.3 is 0 Å². The number of rotatable bonds is 3. The number of hydrogen-bond acceptors (Lipinski definition) is 2. The summed E-state index contributed by atoms with van der Waals surface area (Å²) in [5, 5.41) is 7.80. The lowest BCUT2D eigenvalue weighted by molar-refractivity contribution is 0.0761. The summed E-state index contributed by atoms with van der Waals surface area (Å²) in [6.07, 6.45) is 6.08. The third kappa shape index (κ3) is 2.01. The molecule has 3 rings (SSSR count). The van der Waals surface area contributed by atoms with Crippen LogP contribution in [0.2, 0.25) is 0 Å². The van der Waals surface area contributed by atoms with Crippen LogP contribution in [0.3, 0.4) is 0 Å². The van der Waals surface area contributed by atoms with E-state index in [0.717, 1.165) is 36.0 Å². The fraction of sp³-hybridized carbons (Fsp3) is 0.769. The fourth-order valence-electron chi connectivity index (χ4n) is 3.47. The van der Waals surface area contributed by atoms with Crippen LogP contribution in [0.1, 0.15) is 44.7 Å². The molecule has 2 unspecified atom stereocenters. The number of aryl methyl sites for hydroxylation is 1. The molecule has 2 bridgehead atoms. The molecule has 2 atom stereocenters. The third-order valence-corrected chi connectivity index (χ3v) is 4.71. The van der Waals surface area contributed by atoms with Crippen LogP contribution < -0.4 is 5.32 Å². The second-order valence-corrected chi connectivity index (χ2v) is 6.43. The van der Waals surface area contributed by atoms with Crippen LogP contribution in [0.4, 0.5) is 4.39 Å². The fourth-order valence-corrected chi connectivity index (χ4v) is 4.12. The van der Waals surface area contributed by atoms with Crippen LogP contribution in [0.25, 0.3) is 0 Å². The Hall–Kier alpha value is -0.420. The topological polar surface area (TPSA) is 29.9 Å². The first kappa shape index (κ1) is 12.6. The predicted molar refractivity (Wildman–Crippen MR) is 72.2 cm³/mol. The molecule has 2 saturated heterocycles. The molecule has 1 aromatic heterocycles. The lowest BCUT2D eigenvalue weighted by Crippen LogP contribution is -2.45. The van der Waals surface area contributed by atoms with Crippen LogP contribution >= 0.6 is 15.9 Å². The van der Waals surface area contributed by atoms with Crippen LogP contribution in [0, 0.1) is 0 Å². The Morgan fingerprint density at radius 3 is 2.78 bits per heavy atom. The first-order valence-electron chi connectivity index (χ1n) is 6.79. The number of alkyl halides is 1. The van der Waals surface area contributed by atoms with Crippen LogP contribution in [0.5, 0.6) is 0 Å². The molecule has 1 N–H and O–H groups in total. The Morgan fingerprint density at radius 2 is 2.17 bits per heavy atom. The van der Waals surface area contributed by atoms with E-state index in [0.29, 0.717) is 24.9 Å². The van der Waals surface area contributed by atoms with Crippen molar-refractivity contribution in [1.29, 1.82) is 0 Å². The molecule has 100 valence electrons. The van der Waals surface area contributed by atoms with Gasteiger partial charge in [-0.25, -0.2) is 4.39 Å². The third-order valence-electron chi connectivity index (χ3n) is 4.13. The summed E-state index contributed by atoms with van der Waals surface area (Å²) in [7, 11) is 0. The highest BCUT2D eigenvalue weighted by Crippen LogP contribution is 2.45. The maximum atomic E-state index is 15.4. The maximum Gasteiger partial charge on any atom is 0.156 e. The first-order chi connectivity index (χ1) is 8.62. The summed E-state index contributed by atoms with van der Waals surface area (Å²) in [5.74, 6) is 0. The van der Waals surface area contributed by atoms with Crippen molar-refractivity contribution in [3.8, 4) is 0 Å². The number of nitrogens with zero attached hydrogens (tertiary/aromatic N) is 2. The summed E-state index contributed by atoms with van der Waals surface area (Å²) in [5.41, 5.74) is -0.468. The van der Waals surface area contributed by atoms with Gasteiger partial charge in [-0.15, -0.1) is 0 Å². The van der Waals surface area contributed by atoms with Crippen molar-refractivity contribution in [1.82, 2.24) is 15.1 Å². The molecule has 2 aliphatic rings. The summed E-state index contributed by atoms with van der Waals surface area (Å²) >= 11 is 3.47. The standard InChI is InChI=1S/C13H19BrFN3/c1-2-5-18-12(11(14)8-16-18)13(15)6-9-3-4-10(7-13)17-9/h8-10,17H,2-7H2,1H3. The molecule has 18 heavy (non-hydrogen) atoms. The highest BCUT2D eigenvalue weighted by Gasteiger charge is 2.47. The number of fused-ring (bicyclic) bond motifs is 2. The summed E-state index contributed by atoms with van der Waals surface area (Å²) in [4.78, 5) is 0. The average Bonchev–Trinajstić information content (AvgIpc) is 2.84. The van der Waals surface area contributed by atoms with Crippen molar-refractivity contribution in [2.45, 2.75) is 63.3 Å². The van der Waals surface area contributed by atoms with Gasteiger partial charge in [-0.05, 0) is 35.2 Å². The van der Waals surface area contributed by atoms with Gasteiger partial charge in [0.2, 0.25) is 0 Å². The Bertz CT molecular complexity index is 433. The van der Waals surface area contributed by atoms with Gasteiger partial charge in [0.25, 0.3) is 0 Å². The van der Waals surface area contributed by atoms with Gasteiger partial charge in [0.1, 0.15) is 0 Å². The van der Waals surface area contributed by atoms with E-state index in [2.05, 4.69) is 33.3 Å². The maximum absolute atomic E-state index is 15.4. The molecule has 2 aliphatic heterocycles. The number of hydrogen-bond donors (Lipinski definition) is 1. The monoisotopic (exact) mass is 315 g/mol. The van der Waals surface area contributed by atoms with Gasteiger partial charge in [0.05, 0.1) is 16.4 Å². The number of aromatic nitrogens is 2. The molecule has 2 fully saturated rings. The first-order valence-corrected chi connectivity index (χ1v) is 7.58. The molecule has 5 heteroatoms. The zero-order chi connectivity index (χ0) is 12.8. The lowest BCUT2D eigenvalue weighted by Gasteiger charge is -2.35. The zero-order valence-corrected chi connectivity index (χ0v) is 12.2. The molecule has 0 aromatic carbocycles. The van der Waals surface area contributed by atoms with Crippen molar-refractivity contribution < 1.29 is 4.39 Å². The van der Waals surface area contributed by atoms with Crippen molar-refractivity contribution in [2.75, 3.05) is 0 Å². The molecule has 0 aliphatic carbocycles. The van der Waals surface area contributed by atoms with E-state index in [1.165, 1.54) is 0 Å². The lowest BCUT2D eigenvalue weighted by atomic mass is 9.86. The van der Waals surface area contributed by atoms with Gasteiger partial charge in [0, 0.05) is 31.5 Å². The van der Waals surface area contributed by atoms with E-state index in [-0.39, 0.29) is 0 Å². The molecule has 3 heterocycles. The summed E-state index contributed by atoms with van der Waals surface area (Å²) < 4.78 is 18.1. The minimum absolute atomic E-state index is 0.339. The van der Waals surface area contributed by atoms with Gasteiger partial charge < -0.3 is 5.32 Å². The quantitative estimate of drug-likeness (QED) is 0.928. The molecule has 3 nitrogen and oxygen atoms in total. The predicted octanol–water partition coefficient (Wildman–Crippen LogP) is 3.13. The number of halogens is 2. The normalized spacial score (nSPS) is 35.1. The summed E-state index contributed by atoms with van der Waals surface area (Å²) in [6, 6.07) is 0.677. The number of piperidine rings is 1. The van der Waals surface area contributed by atoms with E-state index >= 15 is 4.39 Å². The Balaban J connectivity index is 1.95. The van der Waals surface area contributed by atoms with Crippen molar-refractivity contribution in [3.05, 3.63) is 16.4 Å². The van der Waals surface area contributed by atoms with E-state index in [9.17, 15) is 0 Å². The highest BCUT2D eigenvalue weighted by atomic mass is 79.9. The molecule has 0 radical (unpaired) electrons. The van der Waals surface area contributed by atoms with Crippen molar-refractivity contribution in [2.24, 2.45) is 0 Å². The average molecular weight is 316 g/mol. The second-order valence-electron chi connectivity index (χ2n) is 5.58.